The van der Waals surface area contributed by atoms with Gasteiger partial charge < -0.3 is 4.98 Å². The van der Waals surface area contributed by atoms with E-state index in [4.69, 9.17) is 23.8 Å². The molecule has 1 N–H and O–H groups in total. The minimum absolute atomic E-state index is 0.616. The molecule has 0 aliphatic rings. The Morgan fingerprint density at radius 2 is 2.31 bits per heavy atom. The highest BCUT2D eigenvalue weighted by Gasteiger charge is 1.97. The number of pyridine rings is 1. The van der Waals surface area contributed by atoms with Crippen LogP contribution in [0.4, 0.5) is 0 Å². The van der Waals surface area contributed by atoms with Gasteiger partial charge in [0.25, 0.3) is 0 Å². The van der Waals surface area contributed by atoms with Gasteiger partial charge in [0.05, 0.1) is 5.02 Å². The van der Waals surface area contributed by atoms with Gasteiger partial charge in [-0.2, -0.15) is 0 Å². The maximum Gasteiger partial charge on any atom is 0.182 e. The van der Waals surface area contributed by atoms with Crippen molar-refractivity contribution in [3.63, 3.8) is 0 Å². The summed E-state index contributed by atoms with van der Waals surface area (Å²) in [5.41, 5.74) is 0. The predicted octanol–water partition coefficient (Wildman–Crippen LogP) is 2.58. The first-order valence-electron chi connectivity index (χ1n) is 3.65. The number of hydrogen-bond acceptors (Lipinski definition) is 2. The van der Waals surface area contributed by atoms with E-state index in [1.165, 1.54) is 0 Å². The van der Waals surface area contributed by atoms with Crippen molar-refractivity contribution in [1.29, 1.82) is 0 Å². The number of aromatic nitrogens is 3. The quantitative estimate of drug-likeness (QED) is 0.736. The minimum Gasteiger partial charge on any atom is -0.337 e. The smallest absolute Gasteiger partial charge is 0.182 e. The third kappa shape index (κ3) is 1.64. The zero-order chi connectivity index (χ0) is 9.26. The van der Waals surface area contributed by atoms with Crippen LogP contribution < -0.4 is 0 Å². The summed E-state index contributed by atoms with van der Waals surface area (Å²) in [4.78, 5) is 7.01. The van der Waals surface area contributed by atoms with Gasteiger partial charge in [0.1, 0.15) is 5.82 Å². The minimum atomic E-state index is 0.616. The van der Waals surface area contributed by atoms with Gasteiger partial charge in [-0.25, -0.2) is 4.98 Å². The maximum absolute atomic E-state index is 5.71. The summed E-state index contributed by atoms with van der Waals surface area (Å²) in [6.07, 6.45) is 5.17. The molecule has 2 aromatic heterocycles. The summed E-state index contributed by atoms with van der Waals surface area (Å²) >= 11 is 10.7. The third-order valence-electron chi connectivity index (χ3n) is 1.61. The number of imidazole rings is 1. The standard InChI is InChI=1S/C8H6ClN3S/c9-6-1-2-7(11-5-6)12-4-3-10-8(12)13/h1-5H,(H,10,13). The van der Waals surface area contributed by atoms with E-state index in [1.807, 2.05) is 12.3 Å². The third-order valence-corrected chi connectivity index (χ3v) is 2.15. The van der Waals surface area contributed by atoms with Crippen LogP contribution in [0.3, 0.4) is 0 Å². The molecule has 13 heavy (non-hydrogen) atoms. The Balaban J connectivity index is 2.54. The molecule has 0 unspecified atom stereocenters. The Morgan fingerprint density at radius 3 is 2.85 bits per heavy atom. The zero-order valence-corrected chi connectivity index (χ0v) is 8.14. The molecule has 2 rings (SSSR count). The van der Waals surface area contributed by atoms with Crippen molar-refractivity contribution >= 4 is 23.8 Å². The van der Waals surface area contributed by atoms with Gasteiger partial charge in [-0.05, 0) is 24.4 Å². The van der Waals surface area contributed by atoms with Gasteiger partial charge in [0.2, 0.25) is 0 Å². The first-order valence-corrected chi connectivity index (χ1v) is 4.44. The molecule has 0 bridgehead atoms. The van der Waals surface area contributed by atoms with Crippen LogP contribution in [-0.2, 0) is 0 Å². The molecule has 0 saturated heterocycles. The van der Waals surface area contributed by atoms with Crippen LogP contribution in [0.2, 0.25) is 5.02 Å². The maximum atomic E-state index is 5.71. The second-order valence-electron chi connectivity index (χ2n) is 2.47. The number of halogens is 1. The van der Waals surface area contributed by atoms with Crippen LogP contribution >= 0.6 is 23.8 Å². The summed E-state index contributed by atoms with van der Waals surface area (Å²) in [7, 11) is 0. The molecule has 0 amide bonds. The highest BCUT2D eigenvalue weighted by atomic mass is 35.5. The number of rotatable bonds is 1. The van der Waals surface area contributed by atoms with E-state index in [9.17, 15) is 0 Å². The highest BCUT2D eigenvalue weighted by molar-refractivity contribution is 7.71. The Bertz CT molecular complexity index is 457. The van der Waals surface area contributed by atoms with Crippen molar-refractivity contribution in [2.75, 3.05) is 0 Å². The van der Waals surface area contributed by atoms with E-state index >= 15 is 0 Å². The van der Waals surface area contributed by atoms with Crippen molar-refractivity contribution in [2.24, 2.45) is 0 Å². The molecule has 2 aromatic rings. The van der Waals surface area contributed by atoms with Crippen LogP contribution in [-0.4, -0.2) is 14.5 Å². The summed E-state index contributed by atoms with van der Waals surface area (Å²) in [6.45, 7) is 0. The van der Waals surface area contributed by atoms with Crippen LogP contribution in [0.15, 0.2) is 30.7 Å². The summed E-state index contributed by atoms with van der Waals surface area (Å²) in [5, 5.41) is 0.616. The summed E-state index contributed by atoms with van der Waals surface area (Å²) in [5.74, 6) is 0.760. The van der Waals surface area contributed by atoms with Gasteiger partial charge >= 0.3 is 0 Å². The van der Waals surface area contributed by atoms with Gasteiger partial charge in [-0.15, -0.1) is 0 Å². The molecule has 5 heteroatoms. The second kappa shape index (κ2) is 3.32. The van der Waals surface area contributed by atoms with E-state index in [0.717, 1.165) is 5.82 Å². The molecule has 0 atom stereocenters. The lowest BCUT2D eigenvalue weighted by Crippen LogP contribution is -1.94. The van der Waals surface area contributed by atoms with E-state index in [2.05, 4.69) is 9.97 Å². The molecule has 66 valence electrons. The van der Waals surface area contributed by atoms with Crippen LogP contribution in [0.5, 0.6) is 0 Å². The van der Waals surface area contributed by atoms with Crippen LogP contribution in [0.1, 0.15) is 0 Å². The van der Waals surface area contributed by atoms with Crippen molar-refractivity contribution in [3.8, 4) is 5.82 Å². The number of nitrogens with zero attached hydrogens (tertiary/aromatic N) is 2. The van der Waals surface area contributed by atoms with Gasteiger partial charge in [-0.1, -0.05) is 11.6 Å². The average molecular weight is 212 g/mol. The fraction of sp³-hybridized carbons (Fsp3) is 0. The first-order chi connectivity index (χ1) is 6.27. The fourth-order valence-electron chi connectivity index (χ4n) is 1.01. The van der Waals surface area contributed by atoms with E-state index < -0.39 is 0 Å². The lowest BCUT2D eigenvalue weighted by molar-refractivity contribution is 0.974. The lowest BCUT2D eigenvalue weighted by Gasteiger charge is -1.99. The average Bonchev–Trinajstić information content (AvgIpc) is 2.53. The molecule has 0 fully saturated rings. The van der Waals surface area contributed by atoms with Crippen molar-refractivity contribution in [3.05, 3.63) is 40.5 Å². The SMILES string of the molecule is S=c1[nH]ccn1-c1ccc(Cl)cn1. The molecule has 3 nitrogen and oxygen atoms in total. The number of nitrogens with one attached hydrogen (secondary N) is 1. The molecule has 0 aromatic carbocycles. The monoisotopic (exact) mass is 211 g/mol. The van der Waals surface area contributed by atoms with Gasteiger partial charge in [-0.3, -0.25) is 4.57 Å². The van der Waals surface area contributed by atoms with E-state index in [1.54, 1.807) is 23.0 Å². The largest absolute Gasteiger partial charge is 0.337 e. The highest BCUT2D eigenvalue weighted by Crippen LogP contribution is 2.09. The number of aromatic amines is 1. The first kappa shape index (κ1) is 8.47. The molecular weight excluding hydrogens is 206 g/mol. The molecule has 0 spiro atoms. The Hall–Kier alpha value is -1.13. The van der Waals surface area contributed by atoms with Gasteiger partial charge in [0.15, 0.2) is 4.77 Å². The summed E-state index contributed by atoms with van der Waals surface area (Å²) < 4.78 is 2.39. The predicted molar refractivity (Wildman–Crippen MR) is 53.8 cm³/mol. The van der Waals surface area contributed by atoms with Crippen molar-refractivity contribution in [2.45, 2.75) is 0 Å². The zero-order valence-electron chi connectivity index (χ0n) is 6.57. The second-order valence-corrected chi connectivity index (χ2v) is 3.29. The fourth-order valence-corrected chi connectivity index (χ4v) is 1.35. The Morgan fingerprint density at radius 1 is 1.46 bits per heavy atom. The van der Waals surface area contributed by atoms with Crippen molar-refractivity contribution in [1.82, 2.24) is 14.5 Å². The topological polar surface area (TPSA) is 33.6 Å². The lowest BCUT2D eigenvalue weighted by atomic mass is 10.4. The molecular formula is C8H6ClN3S. The molecule has 0 radical (unpaired) electrons. The van der Waals surface area contributed by atoms with Crippen LogP contribution in [0, 0.1) is 4.77 Å². The molecule has 0 aliphatic carbocycles. The molecule has 0 saturated carbocycles. The Kier molecular flexibility index (Phi) is 2.16. The number of H-pyrrole nitrogens is 1. The Labute approximate surface area is 85.0 Å². The molecule has 0 aliphatic heterocycles. The van der Waals surface area contributed by atoms with E-state index in [0.29, 0.717) is 9.79 Å². The van der Waals surface area contributed by atoms with Crippen LogP contribution in [0.25, 0.3) is 5.82 Å². The molecule has 2 heterocycles. The normalized spacial score (nSPS) is 10.2. The van der Waals surface area contributed by atoms with Gasteiger partial charge in [0, 0.05) is 18.6 Å². The van der Waals surface area contributed by atoms with Crippen molar-refractivity contribution < 1.29 is 0 Å². The summed E-state index contributed by atoms with van der Waals surface area (Å²) in [6, 6.07) is 3.59. The van der Waals surface area contributed by atoms with E-state index in [-0.39, 0.29) is 0 Å². The number of hydrogen-bond donors (Lipinski definition) is 1.